The van der Waals surface area contributed by atoms with E-state index in [-0.39, 0.29) is 11.1 Å². The van der Waals surface area contributed by atoms with Crippen LogP contribution in [0.4, 0.5) is 26.3 Å². The average molecular weight is 430 g/mol. The van der Waals surface area contributed by atoms with E-state index >= 15 is 0 Å². The van der Waals surface area contributed by atoms with Crippen molar-refractivity contribution < 1.29 is 35.9 Å². The number of hydrogen-bond acceptors (Lipinski definition) is 4. The van der Waals surface area contributed by atoms with Crippen molar-refractivity contribution in [2.45, 2.75) is 12.4 Å². The molecule has 0 spiro atoms. The number of hydrogen-bond donors (Lipinski definition) is 2. The molecule has 0 aliphatic carbocycles. The van der Waals surface area contributed by atoms with Gasteiger partial charge in [0, 0.05) is 41.0 Å². The topological polar surface area (TPSA) is 93.9 Å². The lowest BCUT2D eigenvalue weighted by atomic mass is 10.1. The highest BCUT2D eigenvalue weighted by molar-refractivity contribution is 5.95. The zero-order valence-corrected chi connectivity index (χ0v) is 14.8. The third-order valence-electron chi connectivity index (χ3n) is 3.80. The molecule has 3 aromatic rings. The summed E-state index contributed by atoms with van der Waals surface area (Å²) in [4.78, 5) is 20.9. The van der Waals surface area contributed by atoms with Gasteiger partial charge < -0.3 is 15.5 Å². The van der Waals surface area contributed by atoms with Crippen LogP contribution in [0.5, 0.6) is 5.88 Å². The number of H-pyrrole nitrogens is 1. The van der Waals surface area contributed by atoms with Gasteiger partial charge in [-0.15, -0.1) is 0 Å². The third kappa shape index (κ3) is 5.07. The second kappa shape index (κ2) is 7.69. The minimum Gasteiger partial charge on any atom is -0.468 e. The molecule has 30 heavy (non-hydrogen) atoms. The van der Waals surface area contributed by atoms with Gasteiger partial charge in [-0.1, -0.05) is 0 Å². The second-order valence-electron chi connectivity index (χ2n) is 6.08. The van der Waals surface area contributed by atoms with Gasteiger partial charge in [0.2, 0.25) is 11.8 Å². The lowest BCUT2D eigenvalue weighted by Crippen LogP contribution is -2.20. The van der Waals surface area contributed by atoms with Gasteiger partial charge >= 0.3 is 12.4 Å². The fourth-order valence-corrected chi connectivity index (χ4v) is 2.54. The first kappa shape index (κ1) is 21.1. The fourth-order valence-electron chi connectivity index (χ4n) is 2.54. The summed E-state index contributed by atoms with van der Waals surface area (Å²) in [5, 5.41) is 0.452. The molecule has 3 rings (SSSR count). The van der Waals surface area contributed by atoms with E-state index in [2.05, 4.69) is 19.7 Å². The number of carbonyl (C=O) groups is 1. The zero-order valence-electron chi connectivity index (χ0n) is 14.8. The van der Waals surface area contributed by atoms with Crippen molar-refractivity contribution in [2.24, 2.45) is 5.73 Å². The van der Waals surface area contributed by atoms with E-state index in [1.54, 1.807) is 0 Å². The first-order chi connectivity index (χ1) is 13.9. The van der Waals surface area contributed by atoms with Gasteiger partial charge in [-0.2, -0.15) is 26.3 Å². The highest BCUT2D eigenvalue weighted by Crippen LogP contribution is 2.34. The molecule has 12 heteroatoms. The molecule has 0 saturated heterocycles. The molecule has 3 N–H and O–H groups in total. The summed E-state index contributed by atoms with van der Waals surface area (Å²) < 4.78 is 81.1. The molecule has 0 radical (unpaired) electrons. The van der Waals surface area contributed by atoms with Crippen LogP contribution in [0.15, 0.2) is 36.7 Å². The van der Waals surface area contributed by atoms with Crippen LogP contribution >= 0.6 is 0 Å². The lowest BCUT2D eigenvalue weighted by Gasteiger charge is -2.13. The van der Waals surface area contributed by atoms with Crippen LogP contribution in [0, 0.1) is 0 Å². The molecule has 0 atom stereocenters. The van der Waals surface area contributed by atoms with Crippen LogP contribution in [-0.4, -0.2) is 33.6 Å². The monoisotopic (exact) mass is 430 g/mol. The van der Waals surface area contributed by atoms with Crippen LogP contribution in [0.2, 0.25) is 0 Å². The Kier molecular flexibility index (Phi) is 5.42. The number of carbonyl (C=O) groups excluding carboxylic acids is 1. The number of amides is 1. The van der Waals surface area contributed by atoms with Gasteiger partial charge in [0.25, 0.3) is 0 Å². The van der Waals surface area contributed by atoms with Crippen LogP contribution in [0.1, 0.15) is 11.3 Å². The van der Waals surface area contributed by atoms with Gasteiger partial charge in [0.05, 0.1) is 0 Å². The predicted octanol–water partition coefficient (Wildman–Crippen LogP) is 4.08. The minimum absolute atomic E-state index is 0.102. The largest absolute Gasteiger partial charge is 0.468 e. The van der Waals surface area contributed by atoms with E-state index in [9.17, 15) is 31.1 Å². The second-order valence-corrected chi connectivity index (χ2v) is 6.08. The number of nitrogens with one attached hydrogen (secondary N) is 1. The van der Waals surface area contributed by atoms with Crippen LogP contribution in [-0.2, 0) is 11.0 Å². The third-order valence-corrected chi connectivity index (χ3v) is 3.80. The summed E-state index contributed by atoms with van der Waals surface area (Å²) in [5.74, 6) is -1.54. The van der Waals surface area contributed by atoms with Gasteiger partial charge in [0.15, 0.2) is 6.61 Å². The number of fused-ring (bicyclic) bond motifs is 1. The van der Waals surface area contributed by atoms with Crippen molar-refractivity contribution in [3.05, 3.63) is 47.9 Å². The fraction of sp³-hybridized carbons (Fsp3) is 0.167. The summed E-state index contributed by atoms with van der Waals surface area (Å²) in [7, 11) is 0. The summed E-state index contributed by atoms with van der Waals surface area (Å²) in [6.45, 7) is -1.79. The maximum atomic E-state index is 13.2. The maximum Gasteiger partial charge on any atom is 0.433 e. The predicted molar refractivity (Wildman–Crippen MR) is 94.1 cm³/mol. The minimum atomic E-state index is -4.91. The lowest BCUT2D eigenvalue weighted by molar-refractivity contribution is -0.154. The van der Waals surface area contributed by atoms with E-state index in [1.807, 2.05) is 0 Å². The Labute approximate surface area is 164 Å². The van der Waals surface area contributed by atoms with Gasteiger partial charge in [0.1, 0.15) is 11.3 Å². The number of primary amides is 1. The Balaban J connectivity index is 2.08. The van der Waals surface area contributed by atoms with Crippen molar-refractivity contribution in [1.82, 2.24) is 15.0 Å². The Morgan fingerprint density at radius 2 is 1.87 bits per heavy atom. The summed E-state index contributed by atoms with van der Waals surface area (Å²) in [6, 6.07) is 3.09. The number of nitrogens with zero attached hydrogens (tertiary/aromatic N) is 2. The van der Waals surface area contributed by atoms with Gasteiger partial charge in [-0.3, -0.25) is 4.79 Å². The zero-order chi connectivity index (χ0) is 22.1. The smallest absolute Gasteiger partial charge is 0.433 e. The Hall–Kier alpha value is -3.57. The molecular weight excluding hydrogens is 418 g/mol. The van der Waals surface area contributed by atoms with Crippen LogP contribution in [0.3, 0.4) is 0 Å². The van der Waals surface area contributed by atoms with Crippen molar-refractivity contribution in [3.8, 4) is 17.0 Å². The first-order valence-electron chi connectivity index (χ1n) is 8.16. The SMILES string of the molecule is NC(=O)/C=C/c1c[nH]c2ncc(-c3cc(OCC(F)(F)F)nc(C(F)(F)F)c3)cc12. The van der Waals surface area contributed by atoms with Gasteiger partial charge in [-0.05, 0) is 23.8 Å². The van der Waals surface area contributed by atoms with E-state index in [0.29, 0.717) is 22.7 Å². The molecule has 0 bridgehead atoms. The molecule has 0 aromatic carbocycles. The van der Waals surface area contributed by atoms with E-state index in [1.165, 1.54) is 24.5 Å². The number of halogens is 6. The van der Waals surface area contributed by atoms with Crippen LogP contribution < -0.4 is 10.5 Å². The molecule has 6 nitrogen and oxygen atoms in total. The summed E-state index contributed by atoms with van der Waals surface area (Å²) >= 11 is 0. The highest BCUT2D eigenvalue weighted by Gasteiger charge is 2.34. The van der Waals surface area contributed by atoms with Crippen molar-refractivity contribution in [1.29, 1.82) is 0 Å². The number of ether oxygens (including phenoxy) is 1. The number of pyridine rings is 2. The standard InChI is InChI=1S/C18H12F6N4O2/c19-17(20,21)8-30-15-5-10(4-13(28-15)18(22,23)24)11-3-12-9(1-2-14(25)29)6-26-16(12)27-7-11/h1-7H,8H2,(H2,25,29)(H,26,27)/b2-1+. The molecule has 0 saturated carbocycles. The maximum absolute atomic E-state index is 13.2. The molecule has 0 fully saturated rings. The number of alkyl halides is 6. The van der Waals surface area contributed by atoms with E-state index < -0.39 is 36.4 Å². The molecular formula is C18H12F6N4O2. The Bertz CT molecular complexity index is 1120. The number of rotatable bonds is 5. The van der Waals surface area contributed by atoms with E-state index in [4.69, 9.17) is 5.73 Å². The summed E-state index contributed by atoms with van der Waals surface area (Å²) in [5.41, 5.74) is 4.56. The van der Waals surface area contributed by atoms with E-state index in [0.717, 1.165) is 12.1 Å². The summed E-state index contributed by atoms with van der Waals surface area (Å²) in [6.07, 6.45) is -4.43. The molecule has 158 valence electrons. The quantitative estimate of drug-likeness (QED) is 0.471. The number of aromatic amines is 1. The molecule has 0 aliphatic heterocycles. The molecule has 0 aliphatic rings. The average Bonchev–Trinajstić information content (AvgIpc) is 3.05. The molecule has 0 unspecified atom stereocenters. The van der Waals surface area contributed by atoms with Crippen molar-refractivity contribution in [2.75, 3.05) is 6.61 Å². The number of nitrogens with two attached hydrogens (primary N) is 1. The Morgan fingerprint density at radius 3 is 2.50 bits per heavy atom. The Morgan fingerprint density at radius 1 is 1.13 bits per heavy atom. The normalized spacial score (nSPS) is 12.6. The van der Waals surface area contributed by atoms with Crippen LogP contribution in [0.25, 0.3) is 28.2 Å². The van der Waals surface area contributed by atoms with Gasteiger partial charge in [-0.25, -0.2) is 9.97 Å². The molecule has 3 aromatic heterocycles. The molecule has 1 amide bonds. The number of aromatic nitrogens is 3. The molecule has 3 heterocycles. The first-order valence-corrected chi connectivity index (χ1v) is 8.16. The van der Waals surface area contributed by atoms with Crippen molar-refractivity contribution >= 4 is 23.0 Å². The van der Waals surface area contributed by atoms with Crippen molar-refractivity contribution in [3.63, 3.8) is 0 Å². The highest BCUT2D eigenvalue weighted by atomic mass is 19.4.